The first kappa shape index (κ1) is 21.6. The first-order valence-corrected chi connectivity index (χ1v) is 10.3. The molecule has 0 spiro atoms. The quantitative estimate of drug-likeness (QED) is 0.539. The van der Waals surface area contributed by atoms with Gasteiger partial charge in [0, 0.05) is 0 Å². The third-order valence-corrected chi connectivity index (χ3v) is 5.57. The molecule has 0 aliphatic rings. The molecule has 158 valence electrons. The summed E-state index contributed by atoms with van der Waals surface area (Å²) in [5.41, 5.74) is 3.07. The number of methoxy groups -OCH3 is 1. The highest BCUT2D eigenvalue weighted by Crippen LogP contribution is 2.22. The highest BCUT2D eigenvalue weighted by Gasteiger charge is 2.13. The lowest BCUT2D eigenvalue weighted by atomic mass is 10.1. The smallest absolute Gasteiger partial charge is 0.326 e. The molecular formula is C22H24N2O5S. The fourth-order valence-corrected chi connectivity index (χ4v) is 3.98. The molecule has 0 saturated heterocycles. The van der Waals surface area contributed by atoms with Crippen LogP contribution in [0.25, 0.3) is 10.2 Å². The molecule has 0 radical (unpaired) electrons. The highest BCUT2D eigenvalue weighted by molar-refractivity contribution is 7.16. The Morgan fingerprint density at radius 1 is 1.07 bits per heavy atom. The minimum atomic E-state index is -0.441. The van der Waals surface area contributed by atoms with Crippen molar-refractivity contribution in [2.75, 3.05) is 20.3 Å². The van der Waals surface area contributed by atoms with Gasteiger partial charge in [-0.25, -0.2) is 0 Å². The van der Waals surface area contributed by atoms with Crippen LogP contribution in [0.3, 0.4) is 0 Å². The van der Waals surface area contributed by atoms with Gasteiger partial charge in [-0.1, -0.05) is 11.3 Å². The standard InChI is InChI=1S/C22H24N2O5S/c1-5-28-21(26)12-24-18-10-14(2)15(3)11-19(18)30-22(24)23-20(25)13-29-17-8-6-16(27-4)7-9-17/h6-11H,5,12-13H2,1-4H3. The molecule has 3 rings (SSSR count). The van der Waals surface area contributed by atoms with E-state index < -0.39 is 5.91 Å². The molecule has 1 aromatic heterocycles. The number of ether oxygens (including phenoxy) is 3. The normalized spacial score (nSPS) is 11.5. The lowest BCUT2D eigenvalue weighted by Gasteiger charge is -2.07. The average Bonchev–Trinajstić information content (AvgIpc) is 3.03. The van der Waals surface area contributed by atoms with Crippen molar-refractivity contribution >= 4 is 33.4 Å². The van der Waals surface area contributed by atoms with Crippen LogP contribution in [0, 0.1) is 13.8 Å². The summed E-state index contributed by atoms with van der Waals surface area (Å²) in [7, 11) is 1.58. The Morgan fingerprint density at radius 3 is 2.40 bits per heavy atom. The predicted octanol–water partition coefficient (Wildman–Crippen LogP) is 3.40. The van der Waals surface area contributed by atoms with E-state index in [1.165, 1.54) is 11.3 Å². The van der Waals surface area contributed by atoms with E-state index in [0.29, 0.717) is 22.9 Å². The maximum atomic E-state index is 12.4. The zero-order valence-corrected chi connectivity index (χ0v) is 18.2. The van der Waals surface area contributed by atoms with Crippen LogP contribution in [0.1, 0.15) is 18.1 Å². The largest absolute Gasteiger partial charge is 0.497 e. The van der Waals surface area contributed by atoms with Crippen molar-refractivity contribution in [2.45, 2.75) is 27.3 Å². The SMILES string of the molecule is CCOC(=O)Cn1c(=NC(=O)COc2ccc(OC)cc2)sc2cc(C)c(C)cc21. The van der Waals surface area contributed by atoms with E-state index in [-0.39, 0.29) is 19.1 Å². The maximum Gasteiger partial charge on any atom is 0.326 e. The summed E-state index contributed by atoms with van der Waals surface area (Å²) in [4.78, 5) is 29.2. The summed E-state index contributed by atoms with van der Waals surface area (Å²) >= 11 is 1.36. The molecular weight excluding hydrogens is 404 g/mol. The second-order valence-electron chi connectivity index (χ2n) is 6.65. The molecule has 30 heavy (non-hydrogen) atoms. The number of thiazole rings is 1. The van der Waals surface area contributed by atoms with Gasteiger partial charge in [-0.3, -0.25) is 9.59 Å². The molecule has 0 unspecified atom stereocenters. The lowest BCUT2D eigenvalue weighted by molar-refractivity contribution is -0.143. The zero-order valence-electron chi connectivity index (χ0n) is 17.4. The van der Waals surface area contributed by atoms with Crippen molar-refractivity contribution in [1.29, 1.82) is 0 Å². The van der Waals surface area contributed by atoms with Gasteiger partial charge in [-0.05, 0) is 68.3 Å². The van der Waals surface area contributed by atoms with Gasteiger partial charge < -0.3 is 18.8 Å². The van der Waals surface area contributed by atoms with E-state index >= 15 is 0 Å². The van der Waals surface area contributed by atoms with E-state index in [2.05, 4.69) is 4.99 Å². The minimum absolute atomic E-state index is 0.0121. The Morgan fingerprint density at radius 2 is 1.73 bits per heavy atom. The molecule has 0 N–H and O–H groups in total. The zero-order chi connectivity index (χ0) is 21.7. The third-order valence-electron chi connectivity index (χ3n) is 4.53. The van der Waals surface area contributed by atoms with Crippen molar-refractivity contribution in [3.05, 3.63) is 52.3 Å². The first-order valence-electron chi connectivity index (χ1n) is 9.52. The molecule has 0 aliphatic carbocycles. The maximum absolute atomic E-state index is 12.4. The molecule has 0 saturated carbocycles. The van der Waals surface area contributed by atoms with Gasteiger partial charge in [-0.2, -0.15) is 4.99 Å². The van der Waals surface area contributed by atoms with E-state index in [9.17, 15) is 9.59 Å². The summed E-state index contributed by atoms with van der Waals surface area (Å²) in [6, 6.07) is 11.0. The van der Waals surface area contributed by atoms with E-state index in [0.717, 1.165) is 21.3 Å². The number of hydrogen-bond acceptors (Lipinski definition) is 6. The number of nitrogens with zero attached hydrogens (tertiary/aromatic N) is 2. The van der Waals surface area contributed by atoms with Crippen LogP contribution < -0.4 is 14.3 Å². The van der Waals surface area contributed by atoms with Gasteiger partial charge >= 0.3 is 5.97 Å². The van der Waals surface area contributed by atoms with Crippen LogP contribution in [0.5, 0.6) is 11.5 Å². The van der Waals surface area contributed by atoms with E-state index in [1.54, 1.807) is 42.9 Å². The molecule has 1 amide bonds. The topological polar surface area (TPSA) is 79.1 Å². The van der Waals surface area contributed by atoms with Crippen molar-refractivity contribution in [1.82, 2.24) is 4.57 Å². The number of fused-ring (bicyclic) bond motifs is 1. The van der Waals surface area contributed by atoms with E-state index in [1.807, 2.05) is 26.0 Å². The molecule has 2 aromatic carbocycles. The van der Waals surface area contributed by atoms with Crippen LogP contribution in [-0.2, 0) is 20.9 Å². The van der Waals surface area contributed by atoms with Gasteiger partial charge in [0.25, 0.3) is 5.91 Å². The van der Waals surface area contributed by atoms with E-state index in [4.69, 9.17) is 14.2 Å². The summed E-state index contributed by atoms with van der Waals surface area (Å²) in [6.07, 6.45) is 0. The molecule has 0 fully saturated rings. The minimum Gasteiger partial charge on any atom is -0.497 e. The fraction of sp³-hybridized carbons (Fsp3) is 0.318. The van der Waals surface area contributed by atoms with Crippen LogP contribution in [-0.4, -0.2) is 36.8 Å². The molecule has 0 atom stereocenters. The molecule has 1 heterocycles. The first-order chi connectivity index (χ1) is 14.4. The summed E-state index contributed by atoms with van der Waals surface area (Å²) in [6.45, 7) is 5.86. The monoisotopic (exact) mass is 428 g/mol. The Kier molecular flexibility index (Phi) is 6.89. The summed E-state index contributed by atoms with van der Waals surface area (Å²) in [5.74, 6) is 0.429. The highest BCUT2D eigenvalue weighted by atomic mass is 32.1. The van der Waals surface area contributed by atoms with Crippen LogP contribution >= 0.6 is 11.3 Å². The Balaban J connectivity index is 1.88. The van der Waals surface area contributed by atoms with Crippen LogP contribution in [0.15, 0.2) is 41.4 Å². The molecule has 7 nitrogen and oxygen atoms in total. The third kappa shape index (κ3) is 5.07. The molecule has 8 heteroatoms. The Labute approximate surface area is 178 Å². The Bertz CT molecular complexity index is 1130. The lowest BCUT2D eigenvalue weighted by Crippen LogP contribution is -2.24. The fourth-order valence-electron chi connectivity index (χ4n) is 2.85. The number of hydrogen-bond donors (Lipinski definition) is 0. The van der Waals surface area contributed by atoms with Gasteiger partial charge in [0.1, 0.15) is 18.0 Å². The molecule has 0 bridgehead atoms. The van der Waals surface area contributed by atoms with Gasteiger partial charge in [0.2, 0.25) is 0 Å². The predicted molar refractivity (Wildman–Crippen MR) is 115 cm³/mol. The number of carbonyl (C=O) groups is 2. The van der Waals surface area contributed by atoms with Crippen molar-refractivity contribution < 1.29 is 23.8 Å². The average molecular weight is 429 g/mol. The second kappa shape index (κ2) is 9.58. The van der Waals surface area contributed by atoms with Gasteiger partial charge in [0.15, 0.2) is 11.4 Å². The second-order valence-corrected chi connectivity index (χ2v) is 7.66. The summed E-state index contributed by atoms with van der Waals surface area (Å²) in [5, 5.41) is 0. The van der Waals surface area contributed by atoms with Crippen LogP contribution in [0.4, 0.5) is 0 Å². The number of carbonyl (C=O) groups excluding carboxylic acids is 2. The van der Waals surface area contributed by atoms with Crippen molar-refractivity contribution in [3.63, 3.8) is 0 Å². The number of rotatable bonds is 7. The number of esters is 1. The number of aromatic nitrogens is 1. The van der Waals surface area contributed by atoms with Crippen LogP contribution in [0.2, 0.25) is 0 Å². The Hall–Kier alpha value is -3.13. The van der Waals surface area contributed by atoms with Crippen molar-refractivity contribution in [2.24, 2.45) is 4.99 Å². The molecule has 0 aliphatic heterocycles. The number of amides is 1. The number of aryl methyl sites for hydroxylation is 2. The van der Waals surface area contributed by atoms with Crippen molar-refractivity contribution in [3.8, 4) is 11.5 Å². The number of benzene rings is 2. The summed E-state index contributed by atoms with van der Waals surface area (Å²) < 4.78 is 18.4. The van der Waals surface area contributed by atoms with Gasteiger partial charge in [-0.15, -0.1) is 0 Å². The molecule has 3 aromatic rings. The van der Waals surface area contributed by atoms with Gasteiger partial charge in [0.05, 0.1) is 23.9 Å².